The van der Waals surface area contributed by atoms with Crippen molar-refractivity contribution in [2.75, 3.05) is 25.4 Å². The quantitative estimate of drug-likeness (QED) is 0.533. The number of piperidine rings is 1. The second kappa shape index (κ2) is 9.61. The van der Waals surface area contributed by atoms with E-state index in [2.05, 4.69) is 9.97 Å². The fourth-order valence-electron chi connectivity index (χ4n) is 4.66. The molecule has 0 saturated carbocycles. The molecule has 2 fully saturated rings. The zero-order valence-electron chi connectivity index (χ0n) is 18.4. The summed E-state index contributed by atoms with van der Waals surface area (Å²) in [6.07, 6.45) is 1.83. The summed E-state index contributed by atoms with van der Waals surface area (Å²) in [7, 11) is 0. The number of halogens is 2. The van der Waals surface area contributed by atoms with E-state index in [-0.39, 0.29) is 40.9 Å². The number of carbonyl (C=O) groups is 2. The highest BCUT2D eigenvalue weighted by Crippen LogP contribution is 2.27. The van der Waals surface area contributed by atoms with Crippen LogP contribution >= 0.6 is 11.8 Å². The lowest BCUT2D eigenvalue weighted by molar-refractivity contribution is -0.129. The Morgan fingerprint density at radius 1 is 1.18 bits per heavy atom. The lowest BCUT2D eigenvalue weighted by Crippen LogP contribution is -2.50. The van der Waals surface area contributed by atoms with Gasteiger partial charge in [0.2, 0.25) is 5.91 Å². The largest absolute Gasteiger partial charge is 0.447 e. The molecule has 2 aliphatic heterocycles. The molecule has 34 heavy (non-hydrogen) atoms. The Balaban J connectivity index is 1.15. The summed E-state index contributed by atoms with van der Waals surface area (Å²) < 4.78 is 32.6. The zero-order valence-corrected chi connectivity index (χ0v) is 19.2. The second-order valence-electron chi connectivity index (χ2n) is 8.55. The summed E-state index contributed by atoms with van der Waals surface area (Å²) in [6.45, 7) is 1.48. The van der Waals surface area contributed by atoms with Crippen LogP contribution in [0.4, 0.5) is 13.6 Å². The Hall–Kier alpha value is -3.14. The average molecular weight is 487 g/mol. The maximum atomic E-state index is 13.8. The van der Waals surface area contributed by atoms with Gasteiger partial charge in [0.1, 0.15) is 17.9 Å². The number of cyclic esters (lactones) is 1. The van der Waals surface area contributed by atoms with Crippen LogP contribution < -0.4 is 0 Å². The van der Waals surface area contributed by atoms with Crippen molar-refractivity contribution in [1.82, 2.24) is 19.8 Å². The number of nitrogens with zero attached hydrogens (tertiary/aromatic N) is 3. The predicted molar refractivity (Wildman–Crippen MR) is 123 cm³/mol. The van der Waals surface area contributed by atoms with E-state index in [4.69, 9.17) is 4.74 Å². The van der Waals surface area contributed by atoms with Gasteiger partial charge in [-0.1, -0.05) is 42.1 Å². The van der Waals surface area contributed by atoms with Gasteiger partial charge in [0, 0.05) is 25.2 Å². The van der Waals surface area contributed by atoms with E-state index in [1.807, 2.05) is 35.2 Å². The fourth-order valence-corrected chi connectivity index (χ4v) is 5.45. The van der Waals surface area contributed by atoms with Gasteiger partial charge < -0.3 is 14.6 Å². The van der Waals surface area contributed by atoms with Gasteiger partial charge in [-0.05, 0) is 30.9 Å². The average Bonchev–Trinajstić information content (AvgIpc) is 3.41. The third kappa shape index (κ3) is 4.72. The Morgan fingerprint density at radius 2 is 1.94 bits per heavy atom. The van der Waals surface area contributed by atoms with Gasteiger partial charge in [0.05, 0.1) is 17.3 Å². The number of imidazole rings is 1. The molecule has 7 nitrogen and oxygen atoms in total. The number of amides is 2. The number of aromatic amines is 1. The smallest absolute Gasteiger partial charge is 0.410 e. The molecule has 178 valence electrons. The molecule has 3 aromatic rings. The molecule has 2 amide bonds. The monoisotopic (exact) mass is 486 g/mol. The van der Waals surface area contributed by atoms with Crippen molar-refractivity contribution < 1.29 is 23.1 Å². The Bertz CT molecular complexity index is 1200. The summed E-state index contributed by atoms with van der Waals surface area (Å²) in [4.78, 5) is 35.8. The lowest BCUT2D eigenvalue weighted by Gasteiger charge is -2.37. The molecule has 2 aliphatic rings. The zero-order chi connectivity index (χ0) is 23.7. The molecule has 2 aromatic carbocycles. The van der Waals surface area contributed by atoms with E-state index in [9.17, 15) is 18.4 Å². The number of thioether (sulfide) groups is 1. The van der Waals surface area contributed by atoms with Crippen molar-refractivity contribution in [2.45, 2.75) is 36.5 Å². The van der Waals surface area contributed by atoms with E-state index in [0.29, 0.717) is 37.7 Å². The summed E-state index contributed by atoms with van der Waals surface area (Å²) in [5.74, 6) is -1.34. The Kier molecular flexibility index (Phi) is 6.40. The standard InChI is InChI=1S/C24H24F2N4O3S/c25-16-11-19(26)22-20(12-16)27-23(28-22)34-14-21(31)29-8-6-17(7-9-29)30-18(13-33-24(30)32)10-15-4-2-1-3-5-15/h1-5,11-12,17-18H,6-10,13-14H2,(H,27,28)/t18-/m0/s1. The molecule has 10 heteroatoms. The first-order chi connectivity index (χ1) is 16.5. The van der Waals surface area contributed by atoms with Crippen molar-refractivity contribution in [1.29, 1.82) is 0 Å². The number of fused-ring (bicyclic) bond motifs is 1. The van der Waals surface area contributed by atoms with E-state index >= 15 is 0 Å². The fraction of sp³-hybridized carbons (Fsp3) is 0.375. The molecule has 0 bridgehead atoms. The number of H-pyrrole nitrogens is 1. The van der Waals surface area contributed by atoms with Crippen molar-refractivity contribution in [3.8, 4) is 0 Å². The Morgan fingerprint density at radius 3 is 2.71 bits per heavy atom. The number of ether oxygens (including phenoxy) is 1. The molecule has 0 spiro atoms. The van der Waals surface area contributed by atoms with Gasteiger partial charge in [-0.2, -0.15) is 0 Å². The highest BCUT2D eigenvalue weighted by molar-refractivity contribution is 7.99. The summed E-state index contributed by atoms with van der Waals surface area (Å²) >= 11 is 1.16. The van der Waals surface area contributed by atoms with Gasteiger partial charge in [-0.25, -0.2) is 18.6 Å². The van der Waals surface area contributed by atoms with Crippen LogP contribution in [0.5, 0.6) is 0 Å². The molecule has 0 unspecified atom stereocenters. The molecule has 3 heterocycles. The third-order valence-corrected chi connectivity index (χ3v) is 7.20. The first-order valence-electron chi connectivity index (χ1n) is 11.2. The van der Waals surface area contributed by atoms with Crippen LogP contribution in [0.3, 0.4) is 0 Å². The van der Waals surface area contributed by atoms with E-state index in [1.165, 1.54) is 6.07 Å². The molecule has 5 rings (SSSR count). The highest BCUT2D eigenvalue weighted by Gasteiger charge is 2.39. The molecule has 1 atom stereocenters. The summed E-state index contributed by atoms with van der Waals surface area (Å²) in [6, 6.07) is 12.0. The maximum absolute atomic E-state index is 13.8. The van der Waals surface area contributed by atoms with Crippen LogP contribution in [0.2, 0.25) is 0 Å². The first kappa shape index (κ1) is 22.6. The van der Waals surface area contributed by atoms with Crippen LogP contribution in [0.25, 0.3) is 11.0 Å². The van der Waals surface area contributed by atoms with Crippen molar-refractivity contribution >= 4 is 34.8 Å². The highest BCUT2D eigenvalue weighted by atomic mass is 32.2. The minimum atomic E-state index is -0.738. The van der Waals surface area contributed by atoms with Crippen LogP contribution in [-0.2, 0) is 16.0 Å². The van der Waals surface area contributed by atoms with Gasteiger partial charge in [0.25, 0.3) is 0 Å². The van der Waals surface area contributed by atoms with Gasteiger partial charge in [-0.3, -0.25) is 9.69 Å². The van der Waals surface area contributed by atoms with Crippen molar-refractivity contribution in [2.24, 2.45) is 0 Å². The van der Waals surface area contributed by atoms with E-state index in [1.54, 1.807) is 4.90 Å². The van der Waals surface area contributed by atoms with Crippen LogP contribution in [0.1, 0.15) is 18.4 Å². The van der Waals surface area contributed by atoms with E-state index < -0.39 is 11.6 Å². The maximum Gasteiger partial charge on any atom is 0.410 e. The lowest BCUT2D eigenvalue weighted by atomic mass is 9.99. The molecule has 1 N–H and O–H groups in total. The third-order valence-electron chi connectivity index (χ3n) is 6.34. The summed E-state index contributed by atoms with van der Waals surface area (Å²) in [5, 5.41) is 0.367. The molecule has 2 saturated heterocycles. The van der Waals surface area contributed by atoms with Gasteiger partial charge in [0.15, 0.2) is 11.0 Å². The number of likely N-dealkylation sites (tertiary alicyclic amines) is 1. The first-order valence-corrected chi connectivity index (χ1v) is 12.2. The molecule has 0 radical (unpaired) electrons. The summed E-state index contributed by atoms with van der Waals surface area (Å²) in [5.41, 5.74) is 1.48. The second-order valence-corrected chi connectivity index (χ2v) is 9.52. The SMILES string of the molecule is O=C(CSc1nc2c(F)cc(F)cc2[nH]1)N1CCC(N2C(=O)OC[C@@H]2Cc2ccccc2)CC1. The predicted octanol–water partition coefficient (Wildman–Crippen LogP) is 3.99. The number of aromatic nitrogens is 2. The van der Waals surface area contributed by atoms with E-state index in [0.717, 1.165) is 29.8 Å². The molecular weight excluding hydrogens is 462 g/mol. The number of rotatable bonds is 6. The molecular formula is C24H24F2N4O3S. The van der Waals surface area contributed by atoms with Gasteiger partial charge >= 0.3 is 6.09 Å². The van der Waals surface area contributed by atoms with Crippen LogP contribution in [-0.4, -0.2) is 69.3 Å². The van der Waals surface area contributed by atoms with Gasteiger partial charge in [-0.15, -0.1) is 0 Å². The molecule has 1 aromatic heterocycles. The Labute approximate surface area is 199 Å². The van der Waals surface area contributed by atoms with Crippen LogP contribution in [0.15, 0.2) is 47.6 Å². The minimum Gasteiger partial charge on any atom is -0.447 e. The minimum absolute atomic E-state index is 0.00368. The number of hydrogen-bond acceptors (Lipinski definition) is 5. The number of hydrogen-bond donors (Lipinski definition) is 1. The van der Waals surface area contributed by atoms with Crippen LogP contribution in [0, 0.1) is 11.6 Å². The number of nitrogens with one attached hydrogen (secondary N) is 1. The van der Waals surface area contributed by atoms with Crippen molar-refractivity contribution in [3.63, 3.8) is 0 Å². The molecule has 0 aliphatic carbocycles. The number of benzene rings is 2. The topological polar surface area (TPSA) is 78.5 Å². The number of carbonyl (C=O) groups excluding carboxylic acids is 2. The normalized spacial score (nSPS) is 19.1. The van der Waals surface area contributed by atoms with Crippen molar-refractivity contribution in [3.05, 3.63) is 59.7 Å².